The Hall–Kier alpha value is -2.29. The molecule has 0 aromatic heterocycles. The van der Waals surface area contributed by atoms with Crippen LogP contribution in [-0.4, -0.2) is 12.5 Å². The van der Waals surface area contributed by atoms with Gasteiger partial charge >= 0.3 is 0 Å². The van der Waals surface area contributed by atoms with Crippen molar-refractivity contribution in [1.29, 1.82) is 0 Å². The summed E-state index contributed by atoms with van der Waals surface area (Å²) in [6.07, 6.45) is 0.999. The van der Waals surface area contributed by atoms with Gasteiger partial charge in [-0.1, -0.05) is 38.1 Å². The summed E-state index contributed by atoms with van der Waals surface area (Å²) in [4.78, 5) is 12.5. The van der Waals surface area contributed by atoms with Gasteiger partial charge in [-0.05, 0) is 55.5 Å². The highest BCUT2D eigenvalue weighted by Crippen LogP contribution is 2.21. The number of hydrogen-bond donors (Lipinski definition) is 1. The minimum absolute atomic E-state index is 0.114. The first kappa shape index (κ1) is 17.1. The normalized spacial score (nSPS) is 10.7. The number of aryl methyl sites for hydroxylation is 2. The van der Waals surface area contributed by atoms with E-state index < -0.39 is 0 Å². The van der Waals surface area contributed by atoms with E-state index in [0.717, 1.165) is 29.0 Å². The van der Waals surface area contributed by atoms with Gasteiger partial charge < -0.3 is 10.1 Å². The van der Waals surface area contributed by atoms with Crippen LogP contribution in [0.15, 0.2) is 42.5 Å². The van der Waals surface area contributed by atoms with E-state index in [1.54, 1.807) is 12.1 Å². The number of para-hydroxylation sites is 1. The largest absolute Gasteiger partial charge is 0.494 e. The van der Waals surface area contributed by atoms with Crippen molar-refractivity contribution >= 4 is 11.6 Å². The lowest BCUT2D eigenvalue weighted by Gasteiger charge is -2.12. The Balaban J connectivity index is 2.08. The zero-order chi connectivity index (χ0) is 16.8. The number of carbonyl (C=O) groups excluding carboxylic acids is 1. The van der Waals surface area contributed by atoms with Crippen molar-refractivity contribution in [1.82, 2.24) is 0 Å². The van der Waals surface area contributed by atoms with Gasteiger partial charge in [0.1, 0.15) is 5.75 Å². The van der Waals surface area contributed by atoms with Crippen molar-refractivity contribution in [3.63, 3.8) is 0 Å². The first-order chi connectivity index (χ1) is 11.0. The molecule has 0 heterocycles. The van der Waals surface area contributed by atoms with Crippen molar-refractivity contribution in [2.75, 3.05) is 11.9 Å². The first-order valence-corrected chi connectivity index (χ1v) is 8.08. The number of nitrogens with one attached hydrogen (secondary N) is 1. The Kier molecular flexibility index (Phi) is 5.80. The molecule has 23 heavy (non-hydrogen) atoms. The summed E-state index contributed by atoms with van der Waals surface area (Å²) in [6, 6.07) is 13.3. The van der Waals surface area contributed by atoms with Crippen LogP contribution in [0.25, 0.3) is 0 Å². The number of ether oxygens (including phenoxy) is 1. The maximum Gasteiger partial charge on any atom is 0.255 e. The average molecular weight is 311 g/mol. The van der Waals surface area contributed by atoms with Gasteiger partial charge in [0, 0.05) is 11.3 Å². The molecule has 0 aliphatic rings. The predicted octanol–water partition coefficient (Wildman–Crippen LogP) is 4.98. The van der Waals surface area contributed by atoms with Crippen molar-refractivity contribution in [2.45, 2.75) is 34.1 Å². The van der Waals surface area contributed by atoms with Gasteiger partial charge in [0.15, 0.2) is 0 Å². The van der Waals surface area contributed by atoms with E-state index in [-0.39, 0.29) is 5.91 Å². The lowest BCUT2D eigenvalue weighted by atomic mass is 10.1. The monoisotopic (exact) mass is 311 g/mol. The number of rotatable bonds is 6. The van der Waals surface area contributed by atoms with Gasteiger partial charge in [0.2, 0.25) is 0 Å². The number of anilines is 1. The molecular formula is C20H25NO2. The van der Waals surface area contributed by atoms with Crippen LogP contribution in [0.4, 0.5) is 5.69 Å². The molecule has 0 saturated carbocycles. The number of hydrogen-bond acceptors (Lipinski definition) is 2. The highest BCUT2D eigenvalue weighted by atomic mass is 16.5. The zero-order valence-electron chi connectivity index (χ0n) is 14.3. The lowest BCUT2D eigenvalue weighted by Crippen LogP contribution is -2.14. The topological polar surface area (TPSA) is 38.3 Å². The van der Waals surface area contributed by atoms with Crippen LogP contribution in [0, 0.1) is 19.8 Å². The SMILES string of the molecule is Cc1cccc(C)c1NC(=O)c1cccc(OCCC(C)C)c1. The van der Waals surface area contributed by atoms with Gasteiger partial charge in [-0.2, -0.15) is 0 Å². The zero-order valence-corrected chi connectivity index (χ0v) is 14.3. The maximum absolute atomic E-state index is 12.5. The molecule has 122 valence electrons. The quantitative estimate of drug-likeness (QED) is 0.817. The van der Waals surface area contributed by atoms with Crippen LogP contribution in [0.3, 0.4) is 0 Å². The van der Waals surface area contributed by atoms with E-state index in [1.807, 2.05) is 44.2 Å². The Labute approximate surface area is 138 Å². The molecule has 0 spiro atoms. The Morgan fingerprint density at radius 1 is 1.09 bits per heavy atom. The maximum atomic E-state index is 12.5. The second-order valence-corrected chi connectivity index (χ2v) is 6.28. The molecule has 0 saturated heterocycles. The molecule has 0 bridgehead atoms. The van der Waals surface area contributed by atoms with Crippen molar-refractivity contribution in [3.8, 4) is 5.75 Å². The van der Waals surface area contributed by atoms with Crippen LogP contribution in [-0.2, 0) is 0 Å². The molecule has 1 amide bonds. The Morgan fingerprint density at radius 3 is 2.39 bits per heavy atom. The van der Waals surface area contributed by atoms with Gasteiger partial charge in [-0.15, -0.1) is 0 Å². The molecule has 0 radical (unpaired) electrons. The van der Waals surface area contributed by atoms with Crippen LogP contribution < -0.4 is 10.1 Å². The third-order valence-corrected chi connectivity index (χ3v) is 3.78. The summed E-state index contributed by atoms with van der Waals surface area (Å²) >= 11 is 0. The molecule has 1 N–H and O–H groups in total. The third-order valence-electron chi connectivity index (χ3n) is 3.78. The van der Waals surface area contributed by atoms with Crippen LogP contribution >= 0.6 is 0 Å². The number of benzene rings is 2. The van der Waals surface area contributed by atoms with Crippen molar-refractivity contribution in [2.24, 2.45) is 5.92 Å². The lowest BCUT2D eigenvalue weighted by molar-refractivity contribution is 0.102. The number of amides is 1. The molecule has 0 fully saturated rings. The molecule has 3 nitrogen and oxygen atoms in total. The second-order valence-electron chi connectivity index (χ2n) is 6.28. The minimum Gasteiger partial charge on any atom is -0.494 e. The molecule has 0 aliphatic heterocycles. The van der Waals surface area contributed by atoms with Gasteiger partial charge in [-0.25, -0.2) is 0 Å². The summed E-state index contributed by atoms with van der Waals surface area (Å²) in [5.41, 5.74) is 3.60. The standard InChI is InChI=1S/C20H25NO2/c1-14(2)11-12-23-18-10-6-9-17(13-18)20(22)21-19-15(3)7-5-8-16(19)4/h5-10,13-14H,11-12H2,1-4H3,(H,21,22). The highest BCUT2D eigenvalue weighted by molar-refractivity contribution is 6.05. The van der Waals surface area contributed by atoms with E-state index in [9.17, 15) is 4.79 Å². The molecule has 0 unspecified atom stereocenters. The summed E-state index contributed by atoms with van der Waals surface area (Å²) < 4.78 is 5.73. The molecule has 0 aliphatic carbocycles. The predicted molar refractivity (Wildman–Crippen MR) is 95.3 cm³/mol. The Bertz CT molecular complexity index is 657. The van der Waals surface area contributed by atoms with Gasteiger partial charge in [0.25, 0.3) is 5.91 Å². The first-order valence-electron chi connectivity index (χ1n) is 8.08. The minimum atomic E-state index is -0.114. The number of carbonyl (C=O) groups is 1. The fraction of sp³-hybridized carbons (Fsp3) is 0.350. The molecule has 2 aromatic rings. The van der Waals surface area contributed by atoms with E-state index in [1.165, 1.54) is 0 Å². The fourth-order valence-corrected chi connectivity index (χ4v) is 2.34. The molecular weight excluding hydrogens is 286 g/mol. The smallest absolute Gasteiger partial charge is 0.255 e. The van der Waals surface area contributed by atoms with E-state index in [4.69, 9.17) is 4.74 Å². The summed E-state index contributed by atoms with van der Waals surface area (Å²) in [5.74, 6) is 1.22. The highest BCUT2D eigenvalue weighted by Gasteiger charge is 2.10. The van der Waals surface area contributed by atoms with E-state index in [0.29, 0.717) is 18.1 Å². The van der Waals surface area contributed by atoms with Crippen LogP contribution in [0.5, 0.6) is 5.75 Å². The van der Waals surface area contributed by atoms with Crippen molar-refractivity contribution in [3.05, 3.63) is 59.2 Å². The van der Waals surface area contributed by atoms with Gasteiger partial charge in [0.05, 0.1) is 6.61 Å². The summed E-state index contributed by atoms with van der Waals surface area (Å²) in [7, 11) is 0. The van der Waals surface area contributed by atoms with E-state index in [2.05, 4.69) is 19.2 Å². The summed E-state index contributed by atoms with van der Waals surface area (Å²) in [5, 5.41) is 3.00. The summed E-state index contributed by atoms with van der Waals surface area (Å²) in [6.45, 7) is 8.98. The Morgan fingerprint density at radius 2 is 1.74 bits per heavy atom. The fourth-order valence-electron chi connectivity index (χ4n) is 2.34. The van der Waals surface area contributed by atoms with Crippen molar-refractivity contribution < 1.29 is 9.53 Å². The van der Waals surface area contributed by atoms with Crippen LogP contribution in [0.1, 0.15) is 41.8 Å². The molecule has 0 atom stereocenters. The third kappa shape index (κ3) is 4.85. The van der Waals surface area contributed by atoms with Gasteiger partial charge in [-0.3, -0.25) is 4.79 Å². The van der Waals surface area contributed by atoms with E-state index >= 15 is 0 Å². The molecule has 2 aromatic carbocycles. The average Bonchev–Trinajstić information content (AvgIpc) is 2.51. The molecule has 2 rings (SSSR count). The molecule has 3 heteroatoms. The second kappa shape index (κ2) is 7.82. The van der Waals surface area contributed by atoms with Crippen LogP contribution in [0.2, 0.25) is 0 Å².